The Morgan fingerprint density at radius 3 is 2.70 bits per heavy atom. The van der Waals surface area contributed by atoms with E-state index in [2.05, 4.69) is 15.6 Å². The molecule has 1 saturated carbocycles. The molecule has 5 nitrogen and oxygen atoms in total. The Hall–Kier alpha value is -3.48. The quantitative estimate of drug-likeness (QED) is 0.427. The first kappa shape index (κ1) is 22.7. The number of alkyl halides is 2. The van der Waals surface area contributed by atoms with Gasteiger partial charge in [0.05, 0.1) is 5.69 Å². The van der Waals surface area contributed by atoms with E-state index in [4.69, 9.17) is 4.74 Å². The van der Waals surface area contributed by atoms with Gasteiger partial charge < -0.3 is 15.4 Å². The van der Waals surface area contributed by atoms with E-state index in [9.17, 15) is 13.6 Å². The van der Waals surface area contributed by atoms with Crippen molar-refractivity contribution >= 4 is 17.3 Å². The zero-order valence-corrected chi connectivity index (χ0v) is 18.5. The van der Waals surface area contributed by atoms with Crippen molar-refractivity contribution in [3.05, 3.63) is 83.7 Å². The lowest BCUT2D eigenvalue weighted by atomic mass is 9.79. The minimum absolute atomic E-state index is 0.00724. The summed E-state index contributed by atoms with van der Waals surface area (Å²) in [5, 5.41) is 6.17. The van der Waals surface area contributed by atoms with Gasteiger partial charge in [-0.3, -0.25) is 9.78 Å². The number of anilines is 2. The van der Waals surface area contributed by atoms with Crippen molar-refractivity contribution < 1.29 is 18.3 Å². The molecule has 1 aromatic heterocycles. The molecule has 1 heterocycles. The molecule has 4 rings (SSSR count). The van der Waals surface area contributed by atoms with Crippen molar-refractivity contribution in [3.63, 3.8) is 0 Å². The van der Waals surface area contributed by atoms with Crippen molar-refractivity contribution in [2.24, 2.45) is 5.92 Å². The fourth-order valence-electron chi connectivity index (χ4n) is 3.88. The number of hydrogen-bond acceptors (Lipinski definition) is 4. The lowest BCUT2D eigenvalue weighted by Crippen LogP contribution is -2.37. The second-order valence-corrected chi connectivity index (χ2v) is 8.47. The molecule has 1 amide bonds. The normalized spacial score (nSPS) is 14.9. The summed E-state index contributed by atoms with van der Waals surface area (Å²) in [4.78, 5) is 16.7. The predicted octanol–water partition coefficient (Wildman–Crippen LogP) is 5.88. The number of hydrogen-bond donors (Lipinski definition) is 2. The molecule has 0 radical (unpaired) electrons. The first-order valence-electron chi connectivity index (χ1n) is 11.0. The SMILES string of the molecule is Cc1cc(OCc2ccccn2)ccc1Nc1cccc(C(=O)NCCC2CC(F)(F)C2)c1. The number of amides is 1. The maximum absolute atomic E-state index is 12.9. The van der Waals surface area contributed by atoms with Gasteiger partial charge in [-0.2, -0.15) is 0 Å². The van der Waals surface area contributed by atoms with Crippen molar-refractivity contribution in [2.45, 2.75) is 38.7 Å². The van der Waals surface area contributed by atoms with Crippen LogP contribution in [0, 0.1) is 12.8 Å². The molecule has 0 unspecified atom stereocenters. The lowest BCUT2D eigenvalue weighted by Gasteiger charge is -2.34. The topological polar surface area (TPSA) is 63.2 Å². The molecule has 3 aromatic rings. The van der Waals surface area contributed by atoms with E-state index in [1.54, 1.807) is 18.3 Å². The second-order valence-electron chi connectivity index (χ2n) is 8.47. The minimum atomic E-state index is -2.52. The number of carbonyl (C=O) groups excluding carboxylic acids is 1. The molecule has 172 valence electrons. The van der Waals surface area contributed by atoms with Crippen LogP contribution in [0.5, 0.6) is 5.75 Å². The summed E-state index contributed by atoms with van der Waals surface area (Å²) in [6.07, 6.45) is 2.16. The van der Waals surface area contributed by atoms with Gasteiger partial charge in [0.1, 0.15) is 12.4 Å². The molecule has 1 aliphatic carbocycles. The predicted molar refractivity (Wildman–Crippen MR) is 124 cm³/mol. The Bertz CT molecular complexity index is 1100. The van der Waals surface area contributed by atoms with Crippen molar-refractivity contribution in [2.75, 3.05) is 11.9 Å². The van der Waals surface area contributed by atoms with Crippen LogP contribution in [0.1, 0.15) is 40.9 Å². The van der Waals surface area contributed by atoms with E-state index in [1.165, 1.54) is 0 Å². The number of rotatable bonds is 9. The summed E-state index contributed by atoms with van der Waals surface area (Å²) in [5.41, 5.74) is 4.07. The average Bonchev–Trinajstić information content (AvgIpc) is 2.79. The molecule has 0 aliphatic heterocycles. The number of nitrogens with zero attached hydrogens (tertiary/aromatic N) is 1. The van der Waals surface area contributed by atoms with Crippen LogP contribution in [0.15, 0.2) is 66.9 Å². The van der Waals surface area contributed by atoms with Gasteiger partial charge in [-0.25, -0.2) is 8.78 Å². The maximum atomic E-state index is 12.9. The van der Waals surface area contributed by atoms with E-state index in [0.29, 0.717) is 25.1 Å². The number of benzene rings is 2. The van der Waals surface area contributed by atoms with Crippen molar-refractivity contribution in [3.8, 4) is 5.75 Å². The number of pyridine rings is 1. The van der Waals surface area contributed by atoms with Crippen LogP contribution < -0.4 is 15.4 Å². The summed E-state index contributed by atoms with van der Waals surface area (Å²) in [5.74, 6) is -1.98. The zero-order chi connectivity index (χ0) is 23.3. The summed E-state index contributed by atoms with van der Waals surface area (Å²) in [6.45, 7) is 2.78. The highest BCUT2D eigenvalue weighted by Gasteiger charge is 2.44. The van der Waals surface area contributed by atoms with Gasteiger partial charge in [0, 0.05) is 42.5 Å². The first-order chi connectivity index (χ1) is 15.9. The number of ether oxygens (including phenoxy) is 1. The smallest absolute Gasteiger partial charge is 0.251 e. The van der Waals surface area contributed by atoms with Gasteiger partial charge in [0.25, 0.3) is 5.91 Å². The van der Waals surface area contributed by atoms with Crippen molar-refractivity contribution in [1.29, 1.82) is 0 Å². The Morgan fingerprint density at radius 1 is 1.12 bits per heavy atom. The number of aromatic nitrogens is 1. The Kier molecular flexibility index (Phi) is 6.87. The molecule has 1 fully saturated rings. The third-order valence-corrected chi connectivity index (χ3v) is 5.73. The summed E-state index contributed by atoms with van der Waals surface area (Å²) in [7, 11) is 0. The van der Waals surface area contributed by atoms with Gasteiger partial charge >= 0.3 is 0 Å². The molecule has 0 spiro atoms. The van der Waals surface area contributed by atoms with Crippen LogP contribution in [-0.4, -0.2) is 23.4 Å². The highest BCUT2D eigenvalue weighted by Crippen LogP contribution is 2.43. The molecule has 2 aromatic carbocycles. The van der Waals surface area contributed by atoms with E-state index in [0.717, 1.165) is 28.4 Å². The molecule has 1 aliphatic rings. The Morgan fingerprint density at radius 2 is 1.97 bits per heavy atom. The average molecular weight is 452 g/mol. The molecule has 0 saturated heterocycles. The third-order valence-electron chi connectivity index (χ3n) is 5.73. The summed E-state index contributed by atoms with van der Waals surface area (Å²) in [6, 6.07) is 18.7. The van der Waals surface area contributed by atoms with Crippen molar-refractivity contribution in [1.82, 2.24) is 10.3 Å². The van der Waals surface area contributed by atoms with Gasteiger partial charge in [0.15, 0.2) is 0 Å². The highest BCUT2D eigenvalue weighted by atomic mass is 19.3. The standard InChI is InChI=1S/C26H27F2N3O2/c1-18-13-23(33-17-22-6-2-3-11-29-22)8-9-24(18)31-21-7-4-5-20(14-21)25(32)30-12-10-19-15-26(27,28)16-19/h2-9,11,13-14,19,31H,10,12,15-17H2,1H3,(H,30,32). The van der Waals surface area contributed by atoms with Gasteiger partial charge in [-0.15, -0.1) is 0 Å². The van der Waals surface area contributed by atoms with E-state index in [1.807, 2.05) is 55.5 Å². The molecule has 0 bridgehead atoms. The van der Waals surface area contributed by atoms with Crippen LogP contribution in [-0.2, 0) is 6.61 Å². The van der Waals surface area contributed by atoms with Gasteiger partial charge in [0.2, 0.25) is 5.92 Å². The maximum Gasteiger partial charge on any atom is 0.251 e. The molecule has 7 heteroatoms. The largest absolute Gasteiger partial charge is 0.487 e. The Balaban J connectivity index is 1.30. The molecule has 0 atom stereocenters. The lowest BCUT2D eigenvalue weighted by molar-refractivity contribution is -0.111. The van der Waals surface area contributed by atoms with Crippen LogP contribution in [0.25, 0.3) is 0 Å². The van der Waals surface area contributed by atoms with Crippen LogP contribution in [0.3, 0.4) is 0 Å². The van der Waals surface area contributed by atoms with E-state index < -0.39 is 5.92 Å². The second kappa shape index (κ2) is 9.98. The Labute approximate surface area is 192 Å². The molecule has 33 heavy (non-hydrogen) atoms. The number of nitrogens with one attached hydrogen (secondary N) is 2. The number of aryl methyl sites for hydroxylation is 1. The monoisotopic (exact) mass is 451 g/mol. The van der Waals surface area contributed by atoms with Gasteiger partial charge in [-0.05, 0) is 73.4 Å². The van der Waals surface area contributed by atoms with Gasteiger partial charge in [-0.1, -0.05) is 12.1 Å². The number of halogens is 2. The first-order valence-corrected chi connectivity index (χ1v) is 11.0. The van der Waals surface area contributed by atoms with Crippen LogP contribution in [0.2, 0.25) is 0 Å². The zero-order valence-electron chi connectivity index (χ0n) is 18.5. The minimum Gasteiger partial charge on any atom is -0.487 e. The molecule has 2 N–H and O–H groups in total. The fourth-order valence-corrected chi connectivity index (χ4v) is 3.88. The van der Waals surface area contributed by atoms with E-state index in [-0.39, 0.29) is 24.7 Å². The highest BCUT2D eigenvalue weighted by molar-refractivity contribution is 5.95. The number of carbonyl (C=O) groups is 1. The van der Waals surface area contributed by atoms with Crippen LogP contribution in [0.4, 0.5) is 20.2 Å². The van der Waals surface area contributed by atoms with Crippen LogP contribution >= 0.6 is 0 Å². The molecular weight excluding hydrogens is 424 g/mol. The third kappa shape index (κ3) is 6.28. The van der Waals surface area contributed by atoms with E-state index >= 15 is 0 Å². The summed E-state index contributed by atoms with van der Waals surface area (Å²) >= 11 is 0. The fraction of sp³-hybridized carbons (Fsp3) is 0.308. The molecular formula is C26H27F2N3O2. The summed E-state index contributed by atoms with van der Waals surface area (Å²) < 4.78 is 31.7.